The highest BCUT2D eigenvalue weighted by Gasteiger charge is 2.15. The number of benzene rings is 1. The zero-order valence-electron chi connectivity index (χ0n) is 17.6. The molecular weight excluding hydrogens is 495 g/mol. The molecule has 0 radical (unpaired) electrons. The monoisotopic (exact) mass is 526 g/mol. The van der Waals surface area contributed by atoms with Crippen molar-refractivity contribution in [3.05, 3.63) is 52.5 Å². The number of para-hydroxylation sites is 2. The molecule has 2 N–H and O–H groups in total. The molecule has 1 aromatic carbocycles. The molecule has 0 saturated heterocycles. The zero-order valence-corrected chi connectivity index (χ0v) is 20.7. The highest BCUT2D eigenvalue weighted by molar-refractivity contribution is 14.0. The number of halogens is 1. The number of fused-ring (bicyclic) bond motifs is 1. The van der Waals surface area contributed by atoms with Crippen LogP contribution in [0.25, 0.3) is 11.0 Å². The highest BCUT2D eigenvalue weighted by Crippen LogP contribution is 2.22. The molecule has 6 nitrogen and oxygen atoms in total. The van der Waals surface area contributed by atoms with Crippen LogP contribution in [0.3, 0.4) is 0 Å². The van der Waals surface area contributed by atoms with Crippen molar-refractivity contribution < 1.29 is 0 Å². The van der Waals surface area contributed by atoms with Crippen molar-refractivity contribution in [2.75, 3.05) is 34.2 Å². The summed E-state index contributed by atoms with van der Waals surface area (Å²) in [5, 5.41) is 9.01. The van der Waals surface area contributed by atoms with Crippen LogP contribution in [-0.4, -0.2) is 54.6 Å². The Morgan fingerprint density at radius 1 is 1.21 bits per heavy atom. The molecule has 0 aliphatic heterocycles. The molecule has 8 heteroatoms. The van der Waals surface area contributed by atoms with Gasteiger partial charge in [-0.3, -0.25) is 4.99 Å². The van der Waals surface area contributed by atoms with E-state index in [9.17, 15) is 0 Å². The van der Waals surface area contributed by atoms with Crippen molar-refractivity contribution in [1.29, 1.82) is 0 Å². The number of thiophene rings is 1. The number of aromatic nitrogens is 2. The molecule has 0 aliphatic rings. The molecule has 0 amide bonds. The zero-order chi connectivity index (χ0) is 19.9. The van der Waals surface area contributed by atoms with Crippen molar-refractivity contribution in [2.45, 2.75) is 25.9 Å². The van der Waals surface area contributed by atoms with Crippen LogP contribution in [0.1, 0.15) is 23.2 Å². The van der Waals surface area contributed by atoms with Crippen molar-refractivity contribution >= 4 is 52.3 Å². The number of aryl methyl sites for hydroxylation is 2. The Morgan fingerprint density at radius 3 is 2.69 bits per heavy atom. The molecule has 1 unspecified atom stereocenters. The van der Waals surface area contributed by atoms with Crippen LogP contribution < -0.4 is 10.6 Å². The fourth-order valence-corrected chi connectivity index (χ4v) is 4.28. The molecular formula is C21H31IN6S. The number of rotatable bonds is 8. The van der Waals surface area contributed by atoms with Crippen LogP contribution in [0, 0.1) is 6.92 Å². The van der Waals surface area contributed by atoms with Crippen molar-refractivity contribution in [3.8, 4) is 0 Å². The second kappa shape index (κ2) is 11.5. The molecule has 29 heavy (non-hydrogen) atoms. The van der Waals surface area contributed by atoms with E-state index in [1.165, 1.54) is 10.4 Å². The van der Waals surface area contributed by atoms with Gasteiger partial charge in [0.25, 0.3) is 0 Å². The minimum Gasteiger partial charge on any atom is -0.356 e. The fraction of sp³-hybridized carbons (Fsp3) is 0.429. The lowest BCUT2D eigenvalue weighted by Gasteiger charge is -2.24. The van der Waals surface area contributed by atoms with Gasteiger partial charge >= 0.3 is 0 Å². The second-order valence-electron chi connectivity index (χ2n) is 7.03. The summed E-state index contributed by atoms with van der Waals surface area (Å²) in [5.74, 6) is 1.91. The van der Waals surface area contributed by atoms with Gasteiger partial charge in [-0.1, -0.05) is 18.2 Å². The molecule has 0 fully saturated rings. The van der Waals surface area contributed by atoms with Crippen molar-refractivity contribution in [1.82, 2.24) is 25.1 Å². The lowest BCUT2D eigenvalue weighted by molar-refractivity contribution is 0.302. The van der Waals surface area contributed by atoms with E-state index in [-0.39, 0.29) is 24.0 Å². The molecule has 158 valence electrons. The minimum atomic E-state index is 0. The van der Waals surface area contributed by atoms with E-state index in [0.717, 1.165) is 43.4 Å². The average molecular weight is 526 g/mol. The predicted molar refractivity (Wildman–Crippen MR) is 135 cm³/mol. The topological polar surface area (TPSA) is 57.5 Å². The summed E-state index contributed by atoms with van der Waals surface area (Å²) >= 11 is 1.79. The minimum absolute atomic E-state index is 0. The Balaban J connectivity index is 0.00000300. The number of guanidine groups is 1. The lowest BCUT2D eigenvalue weighted by atomic mass is 10.2. The van der Waals surface area contributed by atoms with Gasteiger partial charge in [-0.15, -0.1) is 35.3 Å². The van der Waals surface area contributed by atoms with E-state index >= 15 is 0 Å². The first-order valence-electron chi connectivity index (χ1n) is 9.66. The van der Waals surface area contributed by atoms with E-state index in [1.807, 2.05) is 13.1 Å². The van der Waals surface area contributed by atoms with Gasteiger partial charge < -0.3 is 20.1 Å². The van der Waals surface area contributed by atoms with E-state index in [2.05, 4.69) is 86.8 Å². The maximum atomic E-state index is 4.64. The molecule has 2 heterocycles. The van der Waals surface area contributed by atoms with Gasteiger partial charge in [0.05, 0.1) is 17.1 Å². The molecule has 0 saturated carbocycles. The summed E-state index contributed by atoms with van der Waals surface area (Å²) in [6.07, 6.45) is 1.00. The second-order valence-corrected chi connectivity index (χ2v) is 8.01. The van der Waals surface area contributed by atoms with E-state index in [0.29, 0.717) is 6.04 Å². The van der Waals surface area contributed by atoms with E-state index in [1.54, 1.807) is 11.3 Å². The number of aliphatic imine (C=N–C) groups is 1. The SMILES string of the molecule is CN=C(NCCCn1c(C)nc2ccccc21)NCC(c1cccs1)N(C)C.I. The third kappa shape index (κ3) is 6.16. The number of hydrogen-bond donors (Lipinski definition) is 2. The first-order valence-corrected chi connectivity index (χ1v) is 10.5. The molecule has 2 aromatic heterocycles. The summed E-state index contributed by atoms with van der Waals surface area (Å²) in [6.45, 7) is 4.68. The Bertz CT molecular complexity index is 903. The first kappa shape index (κ1) is 23.6. The summed E-state index contributed by atoms with van der Waals surface area (Å²) < 4.78 is 2.28. The third-order valence-electron chi connectivity index (χ3n) is 4.88. The number of nitrogens with zero attached hydrogens (tertiary/aromatic N) is 4. The Labute approximate surface area is 194 Å². The van der Waals surface area contributed by atoms with Crippen LogP contribution in [0.4, 0.5) is 0 Å². The molecule has 0 aliphatic carbocycles. The van der Waals surface area contributed by atoms with Crippen LogP contribution in [0.5, 0.6) is 0 Å². The van der Waals surface area contributed by atoms with Crippen LogP contribution in [-0.2, 0) is 6.54 Å². The largest absolute Gasteiger partial charge is 0.356 e. The molecule has 3 aromatic rings. The number of nitrogens with one attached hydrogen (secondary N) is 2. The summed E-state index contributed by atoms with van der Waals surface area (Å²) in [7, 11) is 6.04. The Kier molecular flexibility index (Phi) is 9.38. The maximum absolute atomic E-state index is 4.64. The fourth-order valence-electron chi connectivity index (χ4n) is 3.35. The lowest BCUT2D eigenvalue weighted by Crippen LogP contribution is -2.42. The normalized spacial score (nSPS) is 12.8. The molecule has 0 bridgehead atoms. The summed E-state index contributed by atoms with van der Waals surface area (Å²) in [5.41, 5.74) is 2.26. The number of hydrogen-bond acceptors (Lipinski definition) is 4. The molecule has 0 spiro atoms. The van der Waals surface area contributed by atoms with Gasteiger partial charge in [-0.05, 0) is 51.0 Å². The van der Waals surface area contributed by atoms with Crippen molar-refractivity contribution in [2.24, 2.45) is 4.99 Å². The Hall–Kier alpha value is -1.65. The first-order chi connectivity index (χ1) is 13.6. The van der Waals surface area contributed by atoms with Gasteiger partial charge in [-0.2, -0.15) is 0 Å². The van der Waals surface area contributed by atoms with Crippen molar-refractivity contribution in [3.63, 3.8) is 0 Å². The van der Waals surface area contributed by atoms with Gasteiger partial charge in [0.2, 0.25) is 0 Å². The smallest absolute Gasteiger partial charge is 0.191 e. The maximum Gasteiger partial charge on any atom is 0.191 e. The highest BCUT2D eigenvalue weighted by atomic mass is 127. The number of likely N-dealkylation sites (N-methyl/N-ethyl adjacent to an activating group) is 1. The van der Waals surface area contributed by atoms with Gasteiger partial charge in [0.15, 0.2) is 5.96 Å². The number of imidazole rings is 1. The average Bonchev–Trinajstić information content (AvgIpc) is 3.31. The van der Waals surface area contributed by atoms with Gasteiger partial charge in [0, 0.05) is 31.6 Å². The summed E-state index contributed by atoms with van der Waals surface area (Å²) in [6, 6.07) is 12.9. The third-order valence-corrected chi connectivity index (χ3v) is 5.85. The van der Waals surface area contributed by atoms with E-state index in [4.69, 9.17) is 0 Å². The van der Waals surface area contributed by atoms with Crippen LogP contribution in [0.2, 0.25) is 0 Å². The van der Waals surface area contributed by atoms with Crippen LogP contribution in [0.15, 0.2) is 46.8 Å². The van der Waals surface area contributed by atoms with Crippen LogP contribution >= 0.6 is 35.3 Å². The summed E-state index contributed by atoms with van der Waals surface area (Å²) in [4.78, 5) is 12.6. The predicted octanol–water partition coefficient (Wildman–Crippen LogP) is 3.88. The quantitative estimate of drug-likeness (QED) is 0.203. The Morgan fingerprint density at radius 2 is 2.00 bits per heavy atom. The standard InChI is InChI=1S/C21H30N6S.HI/c1-16-25-17-9-5-6-10-18(17)27(16)13-8-12-23-21(22-2)24-15-19(26(3)4)20-11-7-14-28-20;/h5-7,9-11,14,19H,8,12-13,15H2,1-4H3,(H2,22,23,24);1H. The van der Waals surface area contributed by atoms with Gasteiger partial charge in [0.1, 0.15) is 5.82 Å². The molecule has 3 rings (SSSR count). The van der Waals surface area contributed by atoms with Gasteiger partial charge in [-0.25, -0.2) is 4.98 Å². The van der Waals surface area contributed by atoms with E-state index < -0.39 is 0 Å². The molecule has 1 atom stereocenters.